The van der Waals surface area contributed by atoms with E-state index in [0.717, 1.165) is 6.42 Å². The normalized spacial score (nSPS) is 22.6. The molecule has 1 unspecified atom stereocenters. The standard InChI is InChI=1S/C13H14ClN3O2/c14-11-3-1-9(7-15-11)13(19)16-5-6-17-10(8-16)2-4-12(17)18/h1,3,7,10H,2,4-6,8H2. The molecule has 2 aliphatic rings. The van der Waals surface area contributed by atoms with Crippen molar-refractivity contribution < 1.29 is 9.59 Å². The van der Waals surface area contributed by atoms with Crippen LogP contribution < -0.4 is 0 Å². The Labute approximate surface area is 116 Å². The summed E-state index contributed by atoms with van der Waals surface area (Å²) in [6.07, 6.45) is 2.95. The molecule has 19 heavy (non-hydrogen) atoms. The highest BCUT2D eigenvalue weighted by Crippen LogP contribution is 2.23. The molecule has 2 saturated heterocycles. The highest BCUT2D eigenvalue weighted by Gasteiger charge is 2.36. The molecule has 5 nitrogen and oxygen atoms in total. The van der Waals surface area contributed by atoms with E-state index in [1.54, 1.807) is 17.0 Å². The third kappa shape index (κ3) is 2.30. The van der Waals surface area contributed by atoms with Gasteiger partial charge < -0.3 is 9.80 Å². The topological polar surface area (TPSA) is 53.5 Å². The van der Waals surface area contributed by atoms with Gasteiger partial charge in [-0.15, -0.1) is 0 Å². The lowest BCUT2D eigenvalue weighted by atomic mass is 10.1. The van der Waals surface area contributed by atoms with Crippen LogP contribution in [0, 0.1) is 0 Å². The van der Waals surface area contributed by atoms with E-state index in [9.17, 15) is 9.59 Å². The molecule has 2 amide bonds. The Morgan fingerprint density at radius 2 is 2.21 bits per heavy atom. The van der Waals surface area contributed by atoms with E-state index in [-0.39, 0.29) is 17.9 Å². The predicted octanol–water partition coefficient (Wildman–Crippen LogP) is 1.18. The van der Waals surface area contributed by atoms with Crippen molar-refractivity contribution in [2.24, 2.45) is 0 Å². The molecular formula is C13H14ClN3O2. The largest absolute Gasteiger partial charge is 0.336 e. The maximum atomic E-state index is 12.3. The molecule has 1 aromatic heterocycles. The highest BCUT2D eigenvalue weighted by atomic mass is 35.5. The maximum absolute atomic E-state index is 12.3. The van der Waals surface area contributed by atoms with Gasteiger partial charge in [-0.05, 0) is 18.6 Å². The van der Waals surface area contributed by atoms with E-state index in [1.165, 1.54) is 6.20 Å². The van der Waals surface area contributed by atoms with Crippen molar-refractivity contribution in [1.29, 1.82) is 0 Å². The van der Waals surface area contributed by atoms with Gasteiger partial charge in [-0.1, -0.05) is 11.6 Å². The van der Waals surface area contributed by atoms with E-state index in [2.05, 4.69) is 4.98 Å². The van der Waals surface area contributed by atoms with Gasteiger partial charge in [0, 0.05) is 38.3 Å². The van der Waals surface area contributed by atoms with E-state index >= 15 is 0 Å². The Balaban J connectivity index is 1.72. The number of hydrogen-bond donors (Lipinski definition) is 0. The summed E-state index contributed by atoms with van der Waals surface area (Å²) in [6, 6.07) is 3.49. The summed E-state index contributed by atoms with van der Waals surface area (Å²) in [5, 5.41) is 0.378. The first-order valence-corrected chi connectivity index (χ1v) is 6.73. The summed E-state index contributed by atoms with van der Waals surface area (Å²) in [7, 11) is 0. The Hall–Kier alpha value is -1.62. The lowest BCUT2D eigenvalue weighted by Crippen LogP contribution is -2.53. The van der Waals surface area contributed by atoms with Crippen molar-refractivity contribution in [1.82, 2.24) is 14.8 Å². The molecule has 0 saturated carbocycles. The van der Waals surface area contributed by atoms with Gasteiger partial charge in [0.05, 0.1) is 5.56 Å². The number of aromatic nitrogens is 1. The van der Waals surface area contributed by atoms with Crippen LogP contribution in [0.2, 0.25) is 5.15 Å². The molecule has 0 aromatic carbocycles. The fourth-order valence-corrected chi connectivity index (χ4v) is 2.85. The molecule has 1 aromatic rings. The van der Waals surface area contributed by atoms with Crippen LogP contribution in [0.4, 0.5) is 0 Å². The quantitative estimate of drug-likeness (QED) is 0.726. The van der Waals surface area contributed by atoms with Crippen molar-refractivity contribution in [3.05, 3.63) is 29.0 Å². The average Bonchev–Trinajstić information content (AvgIpc) is 2.80. The molecule has 0 radical (unpaired) electrons. The predicted molar refractivity (Wildman–Crippen MR) is 69.9 cm³/mol. The summed E-state index contributed by atoms with van der Waals surface area (Å²) in [4.78, 5) is 31.5. The second kappa shape index (κ2) is 4.81. The van der Waals surface area contributed by atoms with Crippen LogP contribution in [0.5, 0.6) is 0 Å². The van der Waals surface area contributed by atoms with Crippen molar-refractivity contribution >= 4 is 23.4 Å². The Kier molecular flexibility index (Phi) is 3.14. The number of amides is 2. The van der Waals surface area contributed by atoms with Crippen LogP contribution in [-0.2, 0) is 4.79 Å². The summed E-state index contributed by atoms with van der Waals surface area (Å²) in [5.41, 5.74) is 0.544. The number of nitrogens with zero attached hydrogens (tertiary/aromatic N) is 3. The van der Waals surface area contributed by atoms with Gasteiger partial charge in [0.2, 0.25) is 5.91 Å². The molecule has 2 fully saturated rings. The van der Waals surface area contributed by atoms with Crippen molar-refractivity contribution in [3.8, 4) is 0 Å². The molecule has 3 heterocycles. The lowest BCUT2D eigenvalue weighted by Gasteiger charge is -2.37. The minimum absolute atomic E-state index is 0.0387. The van der Waals surface area contributed by atoms with Crippen molar-refractivity contribution in [2.75, 3.05) is 19.6 Å². The summed E-state index contributed by atoms with van der Waals surface area (Å²) in [5.74, 6) is 0.174. The Morgan fingerprint density at radius 3 is 2.95 bits per heavy atom. The molecule has 0 aliphatic carbocycles. The molecule has 6 heteroatoms. The number of rotatable bonds is 1. The second-order valence-corrected chi connectivity index (χ2v) is 5.29. The fraction of sp³-hybridized carbons (Fsp3) is 0.462. The second-order valence-electron chi connectivity index (χ2n) is 4.90. The van der Waals surface area contributed by atoms with Crippen LogP contribution in [-0.4, -0.2) is 52.3 Å². The molecule has 3 rings (SSSR count). The van der Waals surface area contributed by atoms with E-state index in [0.29, 0.717) is 36.8 Å². The first-order valence-electron chi connectivity index (χ1n) is 6.35. The SMILES string of the molecule is O=C(c1ccc(Cl)nc1)N1CCN2C(=O)CCC2C1. The molecular weight excluding hydrogens is 266 g/mol. The molecule has 1 atom stereocenters. The summed E-state index contributed by atoms with van der Waals surface area (Å²) >= 11 is 5.71. The van der Waals surface area contributed by atoms with Crippen LogP contribution in [0.15, 0.2) is 18.3 Å². The minimum Gasteiger partial charge on any atom is -0.336 e. The smallest absolute Gasteiger partial charge is 0.255 e. The van der Waals surface area contributed by atoms with Crippen LogP contribution >= 0.6 is 11.6 Å². The van der Waals surface area contributed by atoms with Gasteiger partial charge in [-0.25, -0.2) is 4.98 Å². The number of hydrogen-bond acceptors (Lipinski definition) is 3. The number of halogens is 1. The van der Waals surface area contributed by atoms with Gasteiger partial charge in [0.25, 0.3) is 5.91 Å². The number of carbonyl (C=O) groups is 2. The molecule has 0 N–H and O–H groups in total. The number of fused-ring (bicyclic) bond motifs is 1. The Morgan fingerprint density at radius 1 is 1.37 bits per heavy atom. The number of piperazine rings is 1. The van der Waals surface area contributed by atoms with Crippen LogP contribution in [0.1, 0.15) is 23.2 Å². The van der Waals surface area contributed by atoms with Gasteiger partial charge in [0.15, 0.2) is 0 Å². The summed E-state index contributed by atoms with van der Waals surface area (Å²) in [6.45, 7) is 1.84. The molecule has 0 spiro atoms. The van der Waals surface area contributed by atoms with Crippen LogP contribution in [0.3, 0.4) is 0 Å². The average molecular weight is 280 g/mol. The first-order chi connectivity index (χ1) is 9.15. The minimum atomic E-state index is -0.0387. The first kappa shape index (κ1) is 12.4. The maximum Gasteiger partial charge on any atom is 0.255 e. The van der Waals surface area contributed by atoms with Gasteiger partial charge >= 0.3 is 0 Å². The third-order valence-corrected chi connectivity index (χ3v) is 3.98. The highest BCUT2D eigenvalue weighted by molar-refractivity contribution is 6.29. The fourth-order valence-electron chi connectivity index (χ4n) is 2.73. The zero-order chi connectivity index (χ0) is 13.4. The molecule has 100 valence electrons. The van der Waals surface area contributed by atoms with Gasteiger partial charge in [-0.2, -0.15) is 0 Å². The van der Waals surface area contributed by atoms with E-state index in [4.69, 9.17) is 11.6 Å². The number of pyridine rings is 1. The molecule has 0 bridgehead atoms. The van der Waals surface area contributed by atoms with E-state index < -0.39 is 0 Å². The van der Waals surface area contributed by atoms with E-state index in [1.807, 2.05) is 4.90 Å². The lowest BCUT2D eigenvalue weighted by molar-refractivity contribution is -0.130. The Bertz CT molecular complexity index is 517. The monoisotopic (exact) mass is 279 g/mol. The van der Waals surface area contributed by atoms with Crippen molar-refractivity contribution in [3.63, 3.8) is 0 Å². The molecule has 2 aliphatic heterocycles. The number of carbonyl (C=O) groups excluding carboxylic acids is 2. The zero-order valence-corrected chi connectivity index (χ0v) is 11.1. The summed E-state index contributed by atoms with van der Waals surface area (Å²) < 4.78 is 0. The van der Waals surface area contributed by atoms with Gasteiger partial charge in [-0.3, -0.25) is 9.59 Å². The van der Waals surface area contributed by atoms with Gasteiger partial charge in [0.1, 0.15) is 5.15 Å². The van der Waals surface area contributed by atoms with Crippen LogP contribution in [0.25, 0.3) is 0 Å². The third-order valence-electron chi connectivity index (χ3n) is 3.76. The zero-order valence-electron chi connectivity index (χ0n) is 10.4. The van der Waals surface area contributed by atoms with Crippen molar-refractivity contribution in [2.45, 2.75) is 18.9 Å².